The quantitative estimate of drug-likeness (QED) is 0.883. The van der Waals surface area contributed by atoms with E-state index in [4.69, 9.17) is 0 Å². The van der Waals surface area contributed by atoms with E-state index < -0.39 is 21.5 Å². The Morgan fingerprint density at radius 3 is 2.04 bits per heavy atom. The van der Waals surface area contributed by atoms with Crippen molar-refractivity contribution in [1.82, 2.24) is 4.72 Å². The van der Waals surface area contributed by atoms with Crippen LogP contribution in [0.2, 0.25) is 0 Å². The fraction of sp³-hybridized carbons (Fsp3) is 0.588. The van der Waals surface area contributed by atoms with Crippen molar-refractivity contribution in [2.75, 3.05) is 0 Å². The van der Waals surface area contributed by atoms with Gasteiger partial charge in [-0.1, -0.05) is 52.2 Å². The molecule has 0 saturated heterocycles. The number of sulfonamides is 1. The number of aliphatic carboxylic acids is 1. The van der Waals surface area contributed by atoms with Crippen LogP contribution in [0, 0.1) is 0 Å². The van der Waals surface area contributed by atoms with Crippen molar-refractivity contribution < 1.29 is 18.3 Å². The molecule has 0 heterocycles. The molecule has 0 aliphatic heterocycles. The number of benzene rings is 1. The van der Waals surface area contributed by atoms with Gasteiger partial charge in [-0.3, -0.25) is 4.79 Å². The molecule has 0 radical (unpaired) electrons. The smallest absolute Gasteiger partial charge is 0.324 e. The van der Waals surface area contributed by atoms with Crippen LogP contribution < -0.4 is 4.72 Å². The Balaban J connectivity index is 2.29. The predicted octanol–water partition coefficient (Wildman–Crippen LogP) is 3.05. The van der Waals surface area contributed by atoms with Crippen molar-refractivity contribution in [3.05, 3.63) is 29.8 Å². The minimum absolute atomic E-state index is 0.0681. The molecule has 128 valence electrons. The number of carboxylic acid groups (broad SMARTS) is 1. The zero-order valence-electron chi connectivity index (χ0n) is 13.9. The maximum Gasteiger partial charge on any atom is 0.324 e. The summed E-state index contributed by atoms with van der Waals surface area (Å²) in [6.07, 6.45) is 3.05. The molecule has 2 rings (SSSR count). The molecule has 0 spiro atoms. The number of carboxylic acids is 1. The van der Waals surface area contributed by atoms with Gasteiger partial charge < -0.3 is 5.11 Å². The summed E-state index contributed by atoms with van der Waals surface area (Å²) in [4.78, 5) is 11.8. The molecule has 6 heteroatoms. The maximum atomic E-state index is 12.6. The second kappa shape index (κ2) is 6.24. The minimum Gasteiger partial charge on any atom is -0.480 e. The first-order chi connectivity index (χ1) is 10.6. The molecule has 1 aliphatic carbocycles. The first-order valence-corrected chi connectivity index (χ1v) is 9.43. The van der Waals surface area contributed by atoms with Crippen molar-refractivity contribution in [2.24, 2.45) is 0 Å². The molecular weight excluding hydrogens is 314 g/mol. The molecule has 1 aromatic rings. The van der Waals surface area contributed by atoms with Crippen LogP contribution in [0.1, 0.15) is 58.4 Å². The zero-order chi connectivity index (χ0) is 17.3. The normalized spacial score (nSPS) is 18.6. The van der Waals surface area contributed by atoms with Crippen molar-refractivity contribution >= 4 is 16.0 Å². The summed E-state index contributed by atoms with van der Waals surface area (Å²) in [6.45, 7) is 6.16. The molecule has 0 aromatic heterocycles. The van der Waals surface area contributed by atoms with E-state index in [1.165, 1.54) is 0 Å². The molecule has 23 heavy (non-hydrogen) atoms. The van der Waals surface area contributed by atoms with Gasteiger partial charge in [-0.15, -0.1) is 0 Å². The zero-order valence-corrected chi connectivity index (χ0v) is 14.7. The minimum atomic E-state index is -3.86. The molecular formula is C17H25NO4S. The van der Waals surface area contributed by atoms with E-state index in [2.05, 4.69) is 25.5 Å². The molecule has 0 bridgehead atoms. The highest BCUT2D eigenvalue weighted by Gasteiger charge is 2.43. The molecule has 5 nitrogen and oxygen atoms in total. The third-order valence-electron chi connectivity index (χ3n) is 4.48. The van der Waals surface area contributed by atoms with Crippen LogP contribution in [0.3, 0.4) is 0 Å². The van der Waals surface area contributed by atoms with Crippen LogP contribution in [-0.4, -0.2) is 25.0 Å². The van der Waals surface area contributed by atoms with Gasteiger partial charge in [0.25, 0.3) is 0 Å². The van der Waals surface area contributed by atoms with Gasteiger partial charge in [0.15, 0.2) is 0 Å². The van der Waals surface area contributed by atoms with Gasteiger partial charge in [0.2, 0.25) is 10.0 Å². The molecule has 2 N–H and O–H groups in total. The van der Waals surface area contributed by atoms with E-state index in [1.807, 2.05) is 0 Å². The van der Waals surface area contributed by atoms with Gasteiger partial charge in [-0.25, -0.2) is 8.42 Å². The topological polar surface area (TPSA) is 83.5 Å². The Labute approximate surface area is 138 Å². The average Bonchev–Trinajstić information content (AvgIpc) is 2.47. The predicted molar refractivity (Wildman–Crippen MR) is 88.9 cm³/mol. The van der Waals surface area contributed by atoms with Crippen LogP contribution >= 0.6 is 0 Å². The average molecular weight is 339 g/mol. The van der Waals surface area contributed by atoms with Gasteiger partial charge in [-0.2, -0.15) is 4.72 Å². The summed E-state index contributed by atoms with van der Waals surface area (Å²) in [5.74, 6) is -1.09. The lowest BCUT2D eigenvalue weighted by molar-refractivity contribution is -0.145. The van der Waals surface area contributed by atoms with Crippen LogP contribution in [0.5, 0.6) is 0 Å². The lowest BCUT2D eigenvalue weighted by Crippen LogP contribution is -2.55. The van der Waals surface area contributed by atoms with Crippen molar-refractivity contribution in [3.63, 3.8) is 0 Å². The van der Waals surface area contributed by atoms with Crippen LogP contribution in [0.25, 0.3) is 0 Å². The number of hydrogen-bond acceptors (Lipinski definition) is 3. The highest BCUT2D eigenvalue weighted by molar-refractivity contribution is 7.89. The third kappa shape index (κ3) is 3.93. The summed E-state index contributed by atoms with van der Waals surface area (Å²) >= 11 is 0. The number of nitrogens with one attached hydrogen (secondary N) is 1. The van der Waals surface area contributed by atoms with Crippen molar-refractivity contribution in [2.45, 2.75) is 68.7 Å². The molecule has 0 atom stereocenters. The Bertz CT molecular complexity index is 666. The summed E-state index contributed by atoms with van der Waals surface area (Å²) in [6, 6.07) is 6.65. The van der Waals surface area contributed by atoms with E-state index in [0.29, 0.717) is 12.8 Å². The second-order valence-corrected chi connectivity index (χ2v) is 9.01. The maximum absolute atomic E-state index is 12.6. The Morgan fingerprint density at radius 2 is 1.61 bits per heavy atom. The van der Waals surface area contributed by atoms with E-state index in [1.54, 1.807) is 24.3 Å². The SMILES string of the molecule is CC(C)(C)c1ccc(S(=O)(=O)NC2(C(=O)O)CCCCC2)cc1. The highest BCUT2D eigenvalue weighted by atomic mass is 32.2. The van der Waals surface area contributed by atoms with Gasteiger partial charge in [0.1, 0.15) is 5.54 Å². The number of hydrogen-bond donors (Lipinski definition) is 2. The first kappa shape index (κ1) is 17.9. The lowest BCUT2D eigenvalue weighted by Gasteiger charge is -2.33. The van der Waals surface area contributed by atoms with E-state index in [9.17, 15) is 18.3 Å². The van der Waals surface area contributed by atoms with Crippen molar-refractivity contribution in [3.8, 4) is 0 Å². The molecule has 1 aliphatic rings. The Morgan fingerprint density at radius 1 is 1.09 bits per heavy atom. The fourth-order valence-corrected chi connectivity index (χ4v) is 4.38. The van der Waals surface area contributed by atoms with E-state index in [0.717, 1.165) is 24.8 Å². The van der Waals surface area contributed by atoms with Crippen LogP contribution in [0.4, 0.5) is 0 Å². The fourth-order valence-electron chi connectivity index (χ4n) is 2.97. The van der Waals surface area contributed by atoms with Crippen molar-refractivity contribution in [1.29, 1.82) is 0 Å². The Kier molecular flexibility index (Phi) is 4.87. The lowest BCUT2D eigenvalue weighted by atomic mass is 9.83. The van der Waals surface area contributed by atoms with E-state index >= 15 is 0 Å². The van der Waals surface area contributed by atoms with Gasteiger partial charge in [0.05, 0.1) is 4.90 Å². The summed E-state index contributed by atoms with van der Waals surface area (Å²) in [5.41, 5.74) is -0.414. The molecule has 0 unspecified atom stereocenters. The van der Waals surface area contributed by atoms with Gasteiger partial charge in [0, 0.05) is 0 Å². The first-order valence-electron chi connectivity index (χ1n) is 7.95. The number of carbonyl (C=O) groups is 1. The standard InChI is InChI=1S/C17H25NO4S/c1-16(2,3)13-7-9-14(10-8-13)23(21,22)18-17(15(19)20)11-5-4-6-12-17/h7-10,18H,4-6,11-12H2,1-3H3,(H,19,20). The molecule has 1 saturated carbocycles. The monoisotopic (exact) mass is 339 g/mol. The van der Waals surface area contributed by atoms with Gasteiger partial charge >= 0.3 is 5.97 Å². The largest absolute Gasteiger partial charge is 0.480 e. The Hall–Kier alpha value is -1.40. The molecule has 0 amide bonds. The molecule has 1 aromatic carbocycles. The van der Waals surface area contributed by atoms with Crippen LogP contribution in [0.15, 0.2) is 29.2 Å². The summed E-state index contributed by atoms with van der Waals surface area (Å²) in [7, 11) is -3.86. The van der Waals surface area contributed by atoms with Gasteiger partial charge in [-0.05, 0) is 36.0 Å². The van der Waals surface area contributed by atoms with Crippen LogP contribution in [-0.2, 0) is 20.2 Å². The number of rotatable bonds is 4. The third-order valence-corrected chi connectivity index (χ3v) is 6.03. The summed E-state index contributed by atoms with van der Waals surface area (Å²) < 4.78 is 27.6. The highest BCUT2D eigenvalue weighted by Crippen LogP contribution is 2.31. The summed E-state index contributed by atoms with van der Waals surface area (Å²) in [5, 5.41) is 9.52. The second-order valence-electron chi connectivity index (χ2n) is 7.33. The molecule has 1 fully saturated rings. The van der Waals surface area contributed by atoms with E-state index in [-0.39, 0.29) is 10.3 Å².